The number of benzene rings is 1. The predicted octanol–water partition coefficient (Wildman–Crippen LogP) is 3.62. The number of methoxy groups -OCH3 is 1. The second-order valence-corrected chi connectivity index (χ2v) is 10.4. The number of aromatic amines is 1. The SMILES string of the molecule is COc1ccc2c3c([nH]c2c1)[C@@H](CO)N(C(=O)Cc1ccccn1)CC31CCN(Cc2ccccn2)CC1. The van der Waals surface area contributed by atoms with Crippen LogP contribution in [-0.2, 0) is 23.2 Å². The highest BCUT2D eigenvalue weighted by atomic mass is 16.5. The van der Waals surface area contributed by atoms with Gasteiger partial charge in [-0.05, 0) is 67.9 Å². The minimum atomic E-state index is -0.434. The number of likely N-dealkylation sites (tertiary alicyclic amines) is 1. The maximum Gasteiger partial charge on any atom is 0.229 e. The van der Waals surface area contributed by atoms with E-state index in [1.54, 1.807) is 13.3 Å². The summed E-state index contributed by atoms with van der Waals surface area (Å²) in [6, 6.07) is 17.4. The average molecular weight is 512 g/mol. The predicted molar refractivity (Wildman–Crippen MR) is 145 cm³/mol. The van der Waals surface area contributed by atoms with E-state index in [1.165, 1.54) is 5.56 Å². The number of piperidine rings is 1. The number of aliphatic hydroxyl groups is 1. The zero-order chi connectivity index (χ0) is 26.1. The van der Waals surface area contributed by atoms with Gasteiger partial charge < -0.3 is 19.7 Å². The molecular formula is C30H33N5O3. The Bertz CT molecular complexity index is 1410. The smallest absolute Gasteiger partial charge is 0.229 e. The van der Waals surface area contributed by atoms with Gasteiger partial charge in [0.15, 0.2) is 0 Å². The Balaban J connectivity index is 1.37. The molecule has 1 amide bonds. The maximum atomic E-state index is 13.7. The lowest BCUT2D eigenvalue weighted by Gasteiger charge is -2.50. The molecule has 0 radical (unpaired) electrons. The molecule has 5 heterocycles. The van der Waals surface area contributed by atoms with Gasteiger partial charge in [0.1, 0.15) is 5.75 Å². The molecule has 3 aromatic heterocycles. The molecule has 2 N–H and O–H groups in total. The Morgan fingerprint density at radius 3 is 2.47 bits per heavy atom. The maximum absolute atomic E-state index is 13.7. The highest BCUT2D eigenvalue weighted by Gasteiger charge is 2.48. The summed E-state index contributed by atoms with van der Waals surface area (Å²) in [5, 5.41) is 11.7. The van der Waals surface area contributed by atoms with Crippen LogP contribution in [0.4, 0.5) is 0 Å². The van der Waals surface area contributed by atoms with Gasteiger partial charge in [-0.1, -0.05) is 12.1 Å². The van der Waals surface area contributed by atoms with Crippen LogP contribution in [0.2, 0.25) is 0 Å². The lowest BCUT2D eigenvalue weighted by atomic mass is 9.68. The molecule has 8 nitrogen and oxygen atoms in total. The van der Waals surface area contributed by atoms with Crippen molar-refractivity contribution in [1.29, 1.82) is 0 Å². The van der Waals surface area contributed by atoms with Crippen molar-refractivity contribution in [2.24, 2.45) is 0 Å². The number of rotatable bonds is 6. The third-order valence-corrected chi connectivity index (χ3v) is 8.22. The lowest BCUT2D eigenvalue weighted by molar-refractivity contribution is -0.136. The van der Waals surface area contributed by atoms with Gasteiger partial charge in [0, 0.05) is 59.3 Å². The number of nitrogens with one attached hydrogen (secondary N) is 1. The van der Waals surface area contributed by atoms with E-state index in [2.05, 4.69) is 32.0 Å². The van der Waals surface area contributed by atoms with Crippen LogP contribution in [0.1, 0.15) is 41.5 Å². The number of fused-ring (bicyclic) bond motifs is 4. The number of hydrogen-bond acceptors (Lipinski definition) is 6. The Morgan fingerprint density at radius 1 is 1.08 bits per heavy atom. The molecule has 1 spiro atoms. The Labute approximate surface area is 222 Å². The van der Waals surface area contributed by atoms with E-state index in [0.29, 0.717) is 6.54 Å². The number of nitrogens with zero attached hydrogens (tertiary/aromatic N) is 4. The fourth-order valence-corrected chi connectivity index (χ4v) is 6.30. The van der Waals surface area contributed by atoms with Crippen LogP contribution in [0.15, 0.2) is 67.0 Å². The van der Waals surface area contributed by atoms with Gasteiger partial charge >= 0.3 is 0 Å². The van der Waals surface area contributed by atoms with E-state index in [9.17, 15) is 9.90 Å². The van der Waals surface area contributed by atoms with E-state index in [0.717, 1.165) is 66.2 Å². The molecule has 38 heavy (non-hydrogen) atoms. The normalized spacial score (nSPS) is 19.0. The van der Waals surface area contributed by atoms with E-state index < -0.39 is 6.04 Å². The first kappa shape index (κ1) is 24.6. The zero-order valence-corrected chi connectivity index (χ0v) is 21.6. The first-order valence-corrected chi connectivity index (χ1v) is 13.2. The Morgan fingerprint density at radius 2 is 1.82 bits per heavy atom. The van der Waals surface area contributed by atoms with Gasteiger partial charge in [-0.2, -0.15) is 0 Å². The first-order chi connectivity index (χ1) is 18.6. The van der Waals surface area contributed by atoms with Gasteiger partial charge in [-0.15, -0.1) is 0 Å². The average Bonchev–Trinajstić information content (AvgIpc) is 3.35. The molecule has 0 aliphatic carbocycles. The monoisotopic (exact) mass is 511 g/mol. The number of ether oxygens (including phenoxy) is 1. The van der Waals surface area contributed by atoms with Crippen molar-refractivity contribution in [1.82, 2.24) is 24.8 Å². The molecule has 1 fully saturated rings. The highest BCUT2D eigenvalue weighted by Crippen LogP contribution is 2.49. The van der Waals surface area contributed by atoms with Crippen molar-refractivity contribution in [3.63, 3.8) is 0 Å². The van der Waals surface area contributed by atoms with Crippen LogP contribution in [-0.4, -0.2) is 69.1 Å². The molecule has 0 saturated carbocycles. The zero-order valence-electron chi connectivity index (χ0n) is 21.6. The summed E-state index contributed by atoms with van der Waals surface area (Å²) in [6.45, 7) is 3.06. The molecule has 6 rings (SSSR count). The summed E-state index contributed by atoms with van der Waals surface area (Å²) < 4.78 is 5.49. The van der Waals surface area contributed by atoms with Gasteiger partial charge in [0.2, 0.25) is 5.91 Å². The number of aliphatic hydroxyl groups excluding tert-OH is 1. The van der Waals surface area contributed by atoms with Crippen molar-refractivity contribution >= 4 is 16.8 Å². The molecule has 0 unspecified atom stereocenters. The van der Waals surface area contributed by atoms with Crippen LogP contribution in [0.5, 0.6) is 5.75 Å². The van der Waals surface area contributed by atoms with Crippen LogP contribution >= 0.6 is 0 Å². The molecule has 4 aromatic rings. The van der Waals surface area contributed by atoms with Crippen LogP contribution in [0.3, 0.4) is 0 Å². The molecule has 0 bridgehead atoms. The van der Waals surface area contributed by atoms with E-state index in [1.807, 2.05) is 53.6 Å². The van der Waals surface area contributed by atoms with Gasteiger partial charge in [-0.25, -0.2) is 0 Å². The molecule has 2 aliphatic rings. The van der Waals surface area contributed by atoms with E-state index >= 15 is 0 Å². The quantitative estimate of drug-likeness (QED) is 0.411. The van der Waals surface area contributed by atoms with E-state index in [4.69, 9.17) is 4.74 Å². The third kappa shape index (κ3) is 4.44. The second kappa shape index (κ2) is 10.2. The number of hydrogen-bond donors (Lipinski definition) is 2. The van der Waals surface area contributed by atoms with Crippen molar-refractivity contribution in [2.75, 3.05) is 33.4 Å². The summed E-state index contributed by atoms with van der Waals surface area (Å²) in [7, 11) is 1.66. The van der Waals surface area contributed by atoms with Gasteiger partial charge in [0.25, 0.3) is 0 Å². The summed E-state index contributed by atoms with van der Waals surface area (Å²) in [6.07, 6.45) is 5.59. The Hall–Kier alpha value is -3.75. The number of amides is 1. The number of carbonyl (C=O) groups is 1. The molecule has 1 saturated heterocycles. The van der Waals surface area contributed by atoms with Crippen molar-refractivity contribution in [3.05, 3.63) is 89.6 Å². The highest BCUT2D eigenvalue weighted by molar-refractivity contribution is 5.89. The number of carbonyl (C=O) groups excluding carboxylic acids is 1. The van der Waals surface area contributed by atoms with E-state index in [-0.39, 0.29) is 24.3 Å². The largest absolute Gasteiger partial charge is 0.497 e. The number of pyridine rings is 2. The van der Waals surface area contributed by atoms with Gasteiger partial charge in [-0.3, -0.25) is 19.7 Å². The topological polar surface area (TPSA) is 94.6 Å². The van der Waals surface area contributed by atoms with Gasteiger partial charge in [0.05, 0.1) is 31.9 Å². The fraction of sp³-hybridized carbons (Fsp3) is 0.367. The van der Waals surface area contributed by atoms with Crippen molar-refractivity contribution in [2.45, 2.75) is 37.3 Å². The molecule has 8 heteroatoms. The minimum Gasteiger partial charge on any atom is -0.497 e. The summed E-state index contributed by atoms with van der Waals surface area (Å²) in [5.41, 5.74) is 4.75. The second-order valence-electron chi connectivity index (χ2n) is 10.4. The Kier molecular flexibility index (Phi) is 6.59. The standard InChI is InChI=1S/C30H33N5O3/c1-38-23-8-9-24-25(17-23)33-29-26(19-36)35(27(37)16-21-6-2-4-12-31-21)20-30(28(24)29)10-14-34(15-11-30)18-22-7-3-5-13-32-22/h2-9,12-13,17,26,33,36H,10-11,14-16,18-20H2,1H3/t26-/m1/s1. The summed E-state index contributed by atoms with van der Waals surface area (Å²) in [4.78, 5) is 30.5. The van der Waals surface area contributed by atoms with Crippen molar-refractivity contribution in [3.8, 4) is 5.75 Å². The van der Waals surface area contributed by atoms with Crippen molar-refractivity contribution < 1.29 is 14.6 Å². The summed E-state index contributed by atoms with van der Waals surface area (Å²) >= 11 is 0. The van der Waals surface area contributed by atoms with Crippen LogP contribution in [0, 0.1) is 0 Å². The number of H-pyrrole nitrogens is 1. The number of aromatic nitrogens is 3. The lowest BCUT2D eigenvalue weighted by Crippen LogP contribution is -2.55. The molecule has 1 atom stereocenters. The molecule has 196 valence electrons. The molecule has 1 aromatic carbocycles. The minimum absolute atomic E-state index is 0.0140. The first-order valence-electron chi connectivity index (χ1n) is 13.2. The third-order valence-electron chi connectivity index (χ3n) is 8.22. The van der Waals surface area contributed by atoms with Crippen LogP contribution < -0.4 is 4.74 Å². The molecule has 2 aliphatic heterocycles. The fourth-order valence-electron chi connectivity index (χ4n) is 6.30. The van der Waals surface area contributed by atoms with Crippen LogP contribution in [0.25, 0.3) is 10.9 Å². The molecular weight excluding hydrogens is 478 g/mol. The summed E-state index contributed by atoms with van der Waals surface area (Å²) in [5.74, 6) is 0.763.